The van der Waals surface area contributed by atoms with E-state index in [9.17, 15) is 4.79 Å². The SMILES string of the molecule is CC(C)(C)OC(=O)Nc1ccc(Br)nc1Cl. The molecule has 1 amide bonds. The van der Waals surface area contributed by atoms with Crippen LogP contribution in [0.5, 0.6) is 0 Å². The van der Waals surface area contributed by atoms with E-state index >= 15 is 0 Å². The summed E-state index contributed by atoms with van der Waals surface area (Å²) in [5.41, 5.74) is -0.126. The second-order valence-corrected chi connectivity index (χ2v) is 5.27. The van der Waals surface area contributed by atoms with Crippen LogP contribution in [0.15, 0.2) is 16.7 Å². The number of hydrogen-bond acceptors (Lipinski definition) is 3. The van der Waals surface area contributed by atoms with E-state index in [4.69, 9.17) is 16.3 Å². The molecule has 0 aliphatic rings. The van der Waals surface area contributed by atoms with Gasteiger partial charge in [-0.1, -0.05) is 11.6 Å². The van der Waals surface area contributed by atoms with Gasteiger partial charge in [-0.25, -0.2) is 9.78 Å². The smallest absolute Gasteiger partial charge is 0.412 e. The van der Waals surface area contributed by atoms with Crippen molar-refractivity contribution in [1.82, 2.24) is 4.98 Å². The highest BCUT2D eigenvalue weighted by atomic mass is 79.9. The van der Waals surface area contributed by atoms with E-state index in [1.54, 1.807) is 32.9 Å². The van der Waals surface area contributed by atoms with Crippen molar-refractivity contribution in [3.8, 4) is 0 Å². The summed E-state index contributed by atoms with van der Waals surface area (Å²) >= 11 is 9.01. The molecule has 0 aromatic carbocycles. The van der Waals surface area contributed by atoms with Crippen molar-refractivity contribution in [3.05, 3.63) is 21.9 Å². The number of pyridine rings is 1. The molecular weight excluding hydrogens is 295 g/mol. The molecule has 1 aromatic rings. The number of nitrogens with zero attached hydrogens (tertiary/aromatic N) is 1. The van der Waals surface area contributed by atoms with Gasteiger partial charge in [-0.2, -0.15) is 0 Å². The van der Waals surface area contributed by atoms with Gasteiger partial charge in [0.25, 0.3) is 0 Å². The predicted molar refractivity (Wildman–Crippen MR) is 66.8 cm³/mol. The number of aromatic nitrogens is 1. The maximum absolute atomic E-state index is 11.4. The third-order valence-corrected chi connectivity index (χ3v) is 2.18. The first kappa shape index (κ1) is 13.3. The average molecular weight is 308 g/mol. The first-order chi connectivity index (χ1) is 7.28. The molecule has 0 bridgehead atoms. The van der Waals surface area contributed by atoms with Crippen LogP contribution in [0.4, 0.5) is 10.5 Å². The number of carbonyl (C=O) groups is 1. The van der Waals surface area contributed by atoms with Gasteiger partial charge in [0.15, 0.2) is 5.15 Å². The third kappa shape index (κ3) is 4.37. The Bertz CT molecular complexity index is 404. The Balaban J connectivity index is 2.70. The van der Waals surface area contributed by atoms with Crippen molar-refractivity contribution in [1.29, 1.82) is 0 Å². The summed E-state index contributed by atoms with van der Waals surface area (Å²) in [6, 6.07) is 3.32. The summed E-state index contributed by atoms with van der Waals surface area (Å²) in [4.78, 5) is 15.4. The van der Waals surface area contributed by atoms with E-state index in [-0.39, 0.29) is 5.15 Å². The molecule has 1 heterocycles. The van der Waals surface area contributed by atoms with Gasteiger partial charge in [0.2, 0.25) is 0 Å². The first-order valence-electron chi connectivity index (χ1n) is 4.60. The standard InChI is InChI=1S/C10H12BrClN2O2/c1-10(2,3)16-9(15)13-6-4-5-7(11)14-8(6)12/h4-5H,1-3H3,(H,13,15). The predicted octanol–water partition coefficient (Wildman–Crippen LogP) is 3.84. The van der Waals surface area contributed by atoms with Gasteiger partial charge < -0.3 is 4.74 Å². The average Bonchev–Trinajstić information content (AvgIpc) is 2.06. The lowest BCUT2D eigenvalue weighted by atomic mass is 10.2. The fourth-order valence-electron chi connectivity index (χ4n) is 0.919. The van der Waals surface area contributed by atoms with Crippen LogP contribution in [0.3, 0.4) is 0 Å². The number of ether oxygens (including phenoxy) is 1. The molecule has 0 aliphatic carbocycles. The number of hydrogen-bond donors (Lipinski definition) is 1. The van der Waals surface area contributed by atoms with Crippen LogP contribution in [0, 0.1) is 0 Å². The second-order valence-electron chi connectivity index (χ2n) is 4.10. The normalized spacial score (nSPS) is 11.1. The molecule has 4 nitrogen and oxygen atoms in total. The van der Waals surface area contributed by atoms with Crippen molar-refractivity contribution in [3.63, 3.8) is 0 Å². The number of amides is 1. The molecule has 0 fully saturated rings. The van der Waals surface area contributed by atoms with Crippen LogP contribution in [-0.4, -0.2) is 16.7 Å². The molecule has 88 valence electrons. The molecule has 0 unspecified atom stereocenters. The highest BCUT2D eigenvalue weighted by molar-refractivity contribution is 9.10. The molecule has 0 saturated carbocycles. The van der Waals surface area contributed by atoms with Gasteiger partial charge in [0.1, 0.15) is 10.2 Å². The number of anilines is 1. The highest BCUT2D eigenvalue weighted by Gasteiger charge is 2.17. The Morgan fingerprint density at radius 1 is 1.50 bits per heavy atom. The summed E-state index contributed by atoms with van der Waals surface area (Å²) in [5, 5.41) is 2.73. The Morgan fingerprint density at radius 2 is 2.12 bits per heavy atom. The number of carbonyl (C=O) groups excluding carboxylic acids is 1. The van der Waals surface area contributed by atoms with Crippen molar-refractivity contribution in [2.75, 3.05) is 5.32 Å². The lowest BCUT2D eigenvalue weighted by molar-refractivity contribution is 0.0636. The van der Waals surface area contributed by atoms with Gasteiger partial charge >= 0.3 is 6.09 Å². The molecular formula is C10H12BrClN2O2. The Morgan fingerprint density at radius 3 is 2.62 bits per heavy atom. The zero-order valence-corrected chi connectivity index (χ0v) is 11.5. The number of nitrogens with one attached hydrogen (secondary N) is 1. The van der Waals surface area contributed by atoms with Crippen LogP contribution in [0.2, 0.25) is 5.15 Å². The second kappa shape index (κ2) is 5.01. The van der Waals surface area contributed by atoms with Crippen LogP contribution < -0.4 is 5.32 Å². The van der Waals surface area contributed by atoms with Crippen LogP contribution in [0.25, 0.3) is 0 Å². The summed E-state index contributed by atoms with van der Waals surface area (Å²) in [7, 11) is 0. The lowest BCUT2D eigenvalue weighted by Crippen LogP contribution is -2.27. The largest absolute Gasteiger partial charge is 0.444 e. The molecule has 1 aromatic heterocycles. The first-order valence-corrected chi connectivity index (χ1v) is 5.77. The van der Waals surface area contributed by atoms with Crippen molar-refractivity contribution in [2.45, 2.75) is 26.4 Å². The van der Waals surface area contributed by atoms with E-state index in [0.29, 0.717) is 10.3 Å². The summed E-state index contributed by atoms with van der Waals surface area (Å²) in [6.07, 6.45) is -0.557. The van der Waals surface area contributed by atoms with E-state index in [1.165, 1.54) is 0 Å². The molecule has 0 aliphatic heterocycles. The fraction of sp³-hybridized carbons (Fsp3) is 0.400. The molecule has 1 rings (SSSR count). The minimum absolute atomic E-state index is 0.209. The Kier molecular flexibility index (Phi) is 4.15. The zero-order valence-electron chi connectivity index (χ0n) is 9.17. The topological polar surface area (TPSA) is 51.2 Å². The maximum atomic E-state index is 11.4. The van der Waals surface area contributed by atoms with Gasteiger partial charge in [-0.05, 0) is 48.8 Å². The molecule has 1 N–H and O–H groups in total. The molecule has 16 heavy (non-hydrogen) atoms. The maximum Gasteiger partial charge on any atom is 0.412 e. The molecule has 0 spiro atoms. The van der Waals surface area contributed by atoms with E-state index in [0.717, 1.165) is 0 Å². The summed E-state index contributed by atoms with van der Waals surface area (Å²) < 4.78 is 5.68. The minimum Gasteiger partial charge on any atom is -0.444 e. The Hall–Kier alpha value is -0.810. The quantitative estimate of drug-likeness (QED) is 0.802. The highest BCUT2D eigenvalue weighted by Crippen LogP contribution is 2.22. The van der Waals surface area contributed by atoms with Gasteiger partial charge in [-0.3, -0.25) is 5.32 Å². The Labute approximate surface area is 107 Å². The third-order valence-electron chi connectivity index (χ3n) is 1.45. The van der Waals surface area contributed by atoms with Crippen LogP contribution in [0.1, 0.15) is 20.8 Å². The zero-order chi connectivity index (χ0) is 12.3. The summed E-state index contributed by atoms with van der Waals surface area (Å²) in [6.45, 7) is 5.36. The van der Waals surface area contributed by atoms with Gasteiger partial charge in [-0.15, -0.1) is 0 Å². The van der Waals surface area contributed by atoms with Gasteiger partial charge in [0, 0.05) is 0 Å². The number of rotatable bonds is 1. The van der Waals surface area contributed by atoms with Crippen LogP contribution >= 0.6 is 27.5 Å². The molecule has 6 heteroatoms. The lowest BCUT2D eigenvalue weighted by Gasteiger charge is -2.19. The van der Waals surface area contributed by atoms with E-state index < -0.39 is 11.7 Å². The van der Waals surface area contributed by atoms with Gasteiger partial charge in [0.05, 0.1) is 5.69 Å². The molecule has 0 atom stereocenters. The fourth-order valence-corrected chi connectivity index (χ4v) is 1.53. The van der Waals surface area contributed by atoms with E-state index in [1.807, 2.05) is 0 Å². The number of halogens is 2. The molecule has 0 saturated heterocycles. The summed E-state index contributed by atoms with van der Waals surface area (Å²) in [5.74, 6) is 0. The minimum atomic E-state index is -0.557. The van der Waals surface area contributed by atoms with Crippen molar-refractivity contribution >= 4 is 39.3 Å². The van der Waals surface area contributed by atoms with Crippen LogP contribution in [-0.2, 0) is 4.74 Å². The van der Waals surface area contributed by atoms with Crippen molar-refractivity contribution in [2.24, 2.45) is 0 Å². The van der Waals surface area contributed by atoms with Crippen molar-refractivity contribution < 1.29 is 9.53 Å². The van der Waals surface area contributed by atoms with E-state index in [2.05, 4.69) is 26.2 Å². The molecule has 0 radical (unpaired) electrons. The monoisotopic (exact) mass is 306 g/mol.